The Kier molecular flexibility index (Phi) is 2.55. The molecule has 0 saturated heterocycles. The number of nitrogens with zero attached hydrogens (tertiary/aromatic N) is 2. The van der Waals surface area contributed by atoms with Crippen molar-refractivity contribution in [2.75, 3.05) is 5.75 Å². The molecule has 0 fully saturated rings. The molecule has 0 rings (SSSR count). The second-order valence-corrected chi connectivity index (χ2v) is 3.37. The van der Waals surface area contributed by atoms with Crippen LogP contribution in [0.1, 0.15) is 0 Å². The summed E-state index contributed by atoms with van der Waals surface area (Å²) < 4.78 is 28.5. The van der Waals surface area contributed by atoms with Crippen LogP contribution in [0.3, 0.4) is 0 Å². The van der Waals surface area contributed by atoms with Crippen LogP contribution in [0.5, 0.6) is 0 Å². The Labute approximate surface area is 63.6 Å². The normalized spacial score (nSPS) is 11.6. The highest BCUT2D eigenvalue weighted by Crippen LogP contribution is 2.00. The van der Waals surface area contributed by atoms with Crippen molar-refractivity contribution in [1.29, 1.82) is 10.5 Å². The van der Waals surface area contributed by atoms with E-state index >= 15 is 0 Å². The first-order chi connectivity index (χ1) is 4.83. The molecule has 0 atom stereocenters. The van der Waals surface area contributed by atoms with Crippen molar-refractivity contribution in [2.24, 2.45) is 5.73 Å². The van der Waals surface area contributed by atoms with Gasteiger partial charge in [0, 0.05) is 0 Å². The minimum Gasteiger partial charge on any atom is -0.301 e. The average Bonchev–Trinajstić information content (AvgIpc) is 1.84. The lowest BCUT2D eigenvalue weighted by Crippen LogP contribution is -2.43. The van der Waals surface area contributed by atoms with Crippen molar-refractivity contribution in [1.82, 2.24) is 0 Å². The summed E-state index contributed by atoms with van der Waals surface area (Å²) >= 11 is 0. The molecule has 0 aromatic rings. The maximum Gasteiger partial charge on any atom is 0.268 e. The Morgan fingerprint density at radius 2 is 1.82 bits per heavy atom. The Hall–Kier alpha value is -1.15. The summed E-state index contributed by atoms with van der Waals surface area (Å²) in [6.45, 7) is 0. The molecule has 0 bridgehead atoms. The van der Waals surface area contributed by atoms with Crippen molar-refractivity contribution in [2.45, 2.75) is 5.54 Å². The van der Waals surface area contributed by atoms with Crippen LogP contribution in [-0.2, 0) is 10.1 Å². The molecule has 7 heteroatoms. The van der Waals surface area contributed by atoms with Crippen LogP contribution in [0.25, 0.3) is 0 Å². The van der Waals surface area contributed by atoms with Gasteiger partial charge in [-0.3, -0.25) is 4.55 Å². The molecular weight excluding hydrogens is 170 g/mol. The molecule has 6 nitrogen and oxygen atoms in total. The van der Waals surface area contributed by atoms with E-state index in [1.165, 1.54) is 12.1 Å². The van der Waals surface area contributed by atoms with E-state index in [1.807, 2.05) is 0 Å². The number of rotatable bonds is 2. The van der Waals surface area contributed by atoms with Gasteiger partial charge < -0.3 is 5.73 Å². The van der Waals surface area contributed by atoms with E-state index in [-0.39, 0.29) is 0 Å². The molecule has 0 heterocycles. The Morgan fingerprint density at radius 1 is 1.45 bits per heavy atom. The van der Waals surface area contributed by atoms with Gasteiger partial charge >= 0.3 is 0 Å². The first-order valence-corrected chi connectivity index (χ1v) is 4.00. The van der Waals surface area contributed by atoms with Crippen molar-refractivity contribution in [3.63, 3.8) is 0 Å². The maximum atomic E-state index is 10.1. The van der Waals surface area contributed by atoms with Gasteiger partial charge in [0.25, 0.3) is 10.1 Å². The summed E-state index contributed by atoms with van der Waals surface area (Å²) in [4.78, 5) is 0. The molecule has 0 aliphatic carbocycles. The number of hydrogen-bond acceptors (Lipinski definition) is 5. The van der Waals surface area contributed by atoms with Gasteiger partial charge in [0.2, 0.25) is 5.54 Å². The first-order valence-electron chi connectivity index (χ1n) is 2.39. The van der Waals surface area contributed by atoms with Crippen molar-refractivity contribution < 1.29 is 13.0 Å². The SMILES string of the molecule is N#CC(N)(C#N)CS(=O)(=O)O. The molecule has 0 aliphatic heterocycles. The predicted molar refractivity (Wildman–Crippen MR) is 34.6 cm³/mol. The zero-order valence-electron chi connectivity index (χ0n) is 5.35. The molecule has 0 radical (unpaired) electrons. The quantitative estimate of drug-likeness (QED) is 0.497. The van der Waals surface area contributed by atoms with Crippen molar-refractivity contribution in [3.05, 3.63) is 0 Å². The van der Waals surface area contributed by atoms with Crippen LogP contribution in [0, 0.1) is 22.7 Å². The average molecular weight is 175 g/mol. The second kappa shape index (κ2) is 2.84. The van der Waals surface area contributed by atoms with Crippen molar-refractivity contribution >= 4 is 10.1 Å². The fraction of sp³-hybridized carbons (Fsp3) is 0.500. The zero-order valence-corrected chi connectivity index (χ0v) is 6.17. The summed E-state index contributed by atoms with van der Waals surface area (Å²) in [5.41, 5.74) is 2.76. The van der Waals surface area contributed by atoms with Gasteiger partial charge in [-0.05, 0) is 0 Å². The van der Waals surface area contributed by atoms with E-state index in [0.29, 0.717) is 0 Å². The summed E-state index contributed by atoms with van der Waals surface area (Å²) in [7, 11) is -4.38. The molecule has 0 aromatic heterocycles. The lowest BCUT2D eigenvalue weighted by molar-refractivity contribution is 0.476. The minimum absolute atomic E-state index is 1.08. The number of nitrogens with two attached hydrogens (primary N) is 1. The highest BCUT2D eigenvalue weighted by molar-refractivity contribution is 7.85. The van der Waals surface area contributed by atoms with Gasteiger partial charge in [-0.25, -0.2) is 0 Å². The first kappa shape index (κ1) is 9.85. The van der Waals surface area contributed by atoms with Crippen LogP contribution in [-0.4, -0.2) is 24.3 Å². The molecule has 60 valence electrons. The fourth-order valence-corrected chi connectivity index (χ4v) is 1.08. The highest BCUT2D eigenvalue weighted by Gasteiger charge is 2.30. The fourth-order valence-electron chi connectivity index (χ4n) is 0.377. The van der Waals surface area contributed by atoms with Gasteiger partial charge in [-0.1, -0.05) is 0 Å². The van der Waals surface area contributed by atoms with E-state index in [0.717, 1.165) is 0 Å². The Balaban J connectivity index is 4.67. The second-order valence-electron chi connectivity index (χ2n) is 1.92. The topological polar surface area (TPSA) is 128 Å². The maximum absolute atomic E-state index is 10.1. The molecule has 0 amide bonds. The lowest BCUT2D eigenvalue weighted by atomic mass is 10.1. The van der Waals surface area contributed by atoms with E-state index in [4.69, 9.17) is 20.8 Å². The number of nitriles is 2. The van der Waals surface area contributed by atoms with Gasteiger partial charge in [0.15, 0.2) is 0 Å². The summed E-state index contributed by atoms with van der Waals surface area (Å²) in [6, 6.07) is 2.52. The molecule has 3 N–H and O–H groups in total. The summed E-state index contributed by atoms with van der Waals surface area (Å²) in [6.07, 6.45) is 0. The monoisotopic (exact) mass is 175 g/mol. The summed E-state index contributed by atoms with van der Waals surface area (Å²) in [5.74, 6) is -1.08. The van der Waals surface area contributed by atoms with E-state index in [1.54, 1.807) is 0 Å². The highest BCUT2D eigenvalue weighted by atomic mass is 32.2. The summed E-state index contributed by atoms with van der Waals surface area (Å²) in [5, 5.41) is 16.4. The Morgan fingerprint density at radius 3 is 1.91 bits per heavy atom. The molecule has 0 unspecified atom stereocenters. The van der Waals surface area contributed by atoms with Crippen molar-refractivity contribution in [3.8, 4) is 12.1 Å². The van der Waals surface area contributed by atoms with Crippen LogP contribution in [0.15, 0.2) is 0 Å². The van der Waals surface area contributed by atoms with Crippen LogP contribution < -0.4 is 5.73 Å². The lowest BCUT2D eigenvalue weighted by Gasteiger charge is -2.07. The van der Waals surface area contributed by atoms with E-state index in [2.05, 4.69) is 0 Å². The third kappa shape index (κ3) is 3.53. The molecule has 0 saturated carbocycles. The van der Waals surface area contributed by atoms with Crippen LogP contribution in [0.4, 0.5) is 0 Å². The minimum atomic E-state index is -4.38. The molecule has 0 aliphatic rings. The van der Waals surface area contributed by atoms with E-state index in [9.17, 15) is 8.42 Å². The molecular formula is C4H5N3O3S. The third-order valence-electron chi connectivity index (χ3n) is 0.809. The van der Waals surface area contributed by atoms with E-state index < -0.39 is 21.4 Å². The molecule has 11 heavy (non-hydrogen) atoms. The smallest absolute Gasteiger partial charge is 0.268 e. The largest absolute Gasteiger partial charge is 0.301 e. The third-order valence-corrected chi connectivity index (χ3v) is 1.63. The predicted octanol–water partition coefficient (Wildman–Crippen LogP) is -1.38. The van der Waals surface area contributed by atoms with Gasteiger partial charge in [0.05, 0.1) is 0 Å². The van der Waals surface area contributed by atoms with Gasteiger partial charge in [-0.15, -0.1) is 0 Å². The van der Waals surface area contributed by atoms with Gasteiger partial charge in [0.1, 0.15) is 17.9 Å². The zero-order chi connectivity index (χ0) is 9.12. The van der Waals surface area contributed by atoms with Crippen LogP contribution in [0.2, 0.25) is 0 Å². The molecule has 0 spiro atoms. The van der Waals surface area contributed by atoms with Crippen LogP contribution >= 0.6 is 0 Å². The molecule has 0 aromatic carbocycles. The standard InChI is InChI=1S/C4H5N3O3S/c5-1-4(7,2-6)3-11(8,9)10/h3,7H2,(H,8,9,10). The Bertz CT molecular complexity index is 305. The number of hydrogen-bond donors (Lipinski definition) is 2. The van der Waals surface area contributed by atoms with Gasteiger partial charge in [-0.2, -0.15) is 18.9 Å².